The van der Waals surface area contributed by atoms with E-state index in [1.807, 2.05) is 31.2 Å². The Hall–Kier alpha value is -1.95. The summed E-state index contributed by atoms with van der Waals surface area (Å²) < 4.78 is 11.6. The number of hydrogen-bond acceptors (Lipinski definition) is 5. The minimum Gasteiger partial charge on any atom is -0.497 e. The van der Waals surface area contributed by atoms with E-state index in [1.165, 1.54) is 11.1 Å². The van der Waals surface area contributed by atoms with Gasteiger partial charge in [-0.1, -0.05) is 30.7 Å². The number of rotatable bonds is 13. The molecular weight excluding hydrogens is 406 g/mol. The zero-order valence-corrected chi connectivity index (χ0v) is 20.4. The van der Waals surface area contributed by atoms with Gasteiger partial charge in [-0.3, -0.25) is 0 Å². The average Bonchev–Trinajstić information content (AvgIpc) is 3.18. The van der Waals surface area contributed by atoms with E-state index in [0.29, 0.717) is 12.5 Å². The lowest BCUT2D eigenvalue weighted by molar-refractivity contribution is 0.0669. The number of allylic oxidation sites excluding steroid dienone is 1. The monoisotopic (exact) mass is 443 g/mol. The van der Waals surface area contributed by atoms with Crippen molar-refractivity contribution < 1.29 is 14.6 Å². The molecule has 4 nitrogen and oxygen atoms in total. The number of hydrogen-bond donors (Lipinski definition) is 1. The van der Waals surface area contributed by atoms with Gasteiger partial charge in [-0.2, -0.15) is 0 Å². The van der Waals surface area contributed by atoms with Crippen LogP contribution in [0, 0.1) is 12.8 Å². The van der Waals surface area contributed by atoms with E-state index in [2.05, 4.69) is 43.3 Å². The Morgan fingerprint density at radius 2 is 1.97 bits per heavy atom. The first-order valence-electron chi connectivity index (χ1n) is 11.0. The molecule has 1 N–H and O–H groups in total. The van der Waals surface area contributed by atoms with E-state index in [4.69, 9.17) is 9.47 Å². The number of aromatic nitrogens is 1. The van der Waals surface area contributed by atoms with Gasteiger partial charge in [0.25, 0.3) is 0 Å². The molecule has 1 aromatic heterocycles. The summed E-state index contributed by atoms with van der Waals surface area (Å²) in [4.78, 5) is 4.57. The number of nitrogens with zero attached hydrogens (tertiary/aromatic N) is 1. The number of aliphatic hydroxyl groups excluding tert-OH is 1. The fourth-order valence-corrected chi connectivity index (χ4v) is 3.88. The summed E-state index contributed by atoms with van der Waals surface area (Å²) >= 11 is 1.67. The topological polar surface area (TPSA) is 51.6 Å². The van der Waals surface area contributed by atoms with Crippen molar-refractivity contribution in [1.82, 2.24) is 4.98 Å². The molecule has 2 rings (SSSR count). The van der Waals surface area contributed by atoms with Crippen LogP contribution in [0.4, 0.5) is 0 Å². The second-order valence-electron chi connectivity index (χ2n) is 8.29. The van der Waals surface area contributed by atoms with Crippen LogP contribution in [0.2, 0.25) is 0 Å². The highest BCUT2D eigenvalue weighted by molar-refractivity contribution is 7.09. The standard InChI is InChI=1S/C26H37NO3S/c1-19(7-6-8-20(2)16-28)9-14-26(21(3)15-24-18-31-22(4)27-24)30-17-23-10-12-25(29-5)13-11-23/h9-13,15,18,20,26,28H,6-8,14,16-17H2,1-5H3/b19-9-,21-15+/t20-,26-/m0/s1. The molecule has 2 atom stereocenters. The van der Waals surface area contributed by atoms with E-state index >= 15 is 0 Å². The summed E-state index contributed by atoms with van der Waals surface area (Å²) in [6.07, 6.45) is 8.48. The van der Waals surface area contributed by atoms with Crippen LogP contribution in [-0.4, -0.2) is 29.9 Å². The van der Waals surface area contributed by atoms with Crippen molar-refractivity contribution in [2.45, 2.75) is 66.1 Å². The number of ether oxygens (including phenoxy) is 2. The summed E-state index contributed by atoms with van der Waals surface area (Å²) in [5.74, 6) is 1.23. The molecular formula is C26H37NO3S. The number of aliphatic hydroxyl groups is 1. The number of benzene rings is 1. The third-order valence-electron chi connectivity index (χ3n) is 5.39. The minimum atomic E-state index is -0.00424. The van der Waals surface area contributed by atoms with Crippen molar-refractivity contribution in [2.24, 2.45) is 5.92 Å². The molecule has 0 spiro atoms. The Kier molecular flexibility index (Phi) is 11.0. The molecule has 0 bridgehead atoms. The molecule has 0 unspecified atom stereocenters. The average molecular weight is 444 g/mol. The molecule has 0 amide bonds. The third kappa shape index (κ3) is 9.38. The molecule has 1 heterocycles. The van der Waals surface area contributed by atoms with Crippen LogP contribution >= 0.6 is 11.3 Å². The molecule has 0 radical (unpaired) electrons. The van der Waals surface area contributed by atoms with Crippen molar-refractivity contribution in [3.8, 4) is 5.75 Å². The first kappa shape index (κ1) is 25.3. The molecule has 0 aliphatic rings. The van der Waals surface area contributed by atoms with Crippen LogP contribution in [0.3, 0.4) is 0 Å². The molecule has 0 saturated heterocycles. The fourth-order valence-electron chi connectivity index (χ4n) is 3.31. The SMILES string of the molecule is COc1ccc(CO[C@@H](C/C=C(/C)CCC[C@H](C)CO)/C(C)=C/c2csc(C)n2)cc1. The van der Waals surface area contributed by atoms with Crippen molar-refractivity contribution in [3.05, 3.63) is 63.1 Å². The van der Waals surface area contributed by atoms with Crippen LogP contribution in [0.1, 0.15) is 62.7 Å². The van der Waals surface area contributed by atoms with Crippen LogP contribution in [0.25, 0.3) is 6.08 Å². The Morgan fingerprint density at radius 1 is 1.23 bits per heavy atom. The van der Waals surface area contributed by atoms with Crippen molar-refractivity contribution >= 4 is 17.4 Å². The Labute approximate surface area is 191 Å². The number of aryl methyl sites for hydroxylation is 1. The van der Waals surface area contributed by atoms with Gasteiger partial charge in [0.1, 0.15) is 5.75 Å². The van der Waals surface area contributed by atoms with E-state index in [0.717, 1.165) is 47.7 Å². The predicted molar refractivity (Wildman–Crippen MR) is 131 cm³/mol. The fraction of sp³-hybridized carbons (Fsp3) is 0.500. The third-order valence-corrected chi connectivity index (χ3v) is 6.18. The van der Waals surface area contributed by atoms with Crippen LogP contribution in [-0.2, 0) is 11.3 Å². The normalized spacial score (nSPS) is 14.5. The Morgan fingerprint density at radius 3 is 2.58 bits per heavy atom. The van der Waals surface area contributed by atoms with Gasteiger partial charge in [0.15, 0.2) is 0 Å². The second kappa shape index (κ2) is 13.5. The van der Waals surface area contributed by atoms with E-state index in [1.54, 1.807) is 18.4 Å². The maximum absolute atomic E-state index is 9.19. The van der Waals surface area contributed by atoms with Gasteiger partial charge in [0, 0.05) is 12.0 Å². The lowest BCUT2D eigenvalue weighted by atomic mass is 10.0. The molecule has 170 valence electrons. The van der Waals surface area contributed by atoms with Crippen molar-refractivity contribution in [3.63, 3.8) is 0 Å². The van der Waals surface area contributed by atoms with Gasteiger partial charge < -0.3 is 14.6 Å². The Bertz CT molecular complexity index is 839. The van der Waals surface area contributed by atoms with Crippen molar-refractivity contribution in [2.75, 3.05) is 13.7 Å². The van der Waals surface area contributed by atoms with Gasteiger partial charge in [-0.05, 0) is 81.7 Å². The molecule has 1 aromatic carbocycles. The number of methoxy groups -OCH3 is 1. The summed E-state index contributed by atoms with van der Waals surface area (Å²) in [7, 11) is 1.68. The van der Waals surface area contributed by atoms with Crippen LogP contribution in [0.15, 0.2) is 46.9 Å². The van der Waals surface area contributed by atoms with Crippen LogP contribution in [0.5, 0.6) is 5.75 Å². The van der Waals surface area contributed by atoms with Gasteiger partial charge in [0.05, 0.1) is 30.5 Å². The van der Waals surface area contributed by atoms with Gasteiger partial charge in [0.2, 0.25) is 0 Å². The second-order valence-corrected chi connectivity index (χ2v) is 9.36. The highest BCUT2D eigenvalue weighted by Crippen LogP contribution is 2.21. The summed E-state index contributed by atoms with van der Waals surface area (Å²) in [6.45, 7) is 9.25. The van der Waals surface area contributed by atoms with E-state index in [9.17, 15) is 5.11 Å². The first-order valence-corrected chi connectivity index (χ1v) is 11.9. The molecule has 0 aliphatic carbocycles. The van der Waals surface area contributed by atoms with Gasteiger partial charge in [-0.25, -0.2) is 4.98 Å². The minimum absolute atomic E-state index is 0.00424. The van der Waals surface area contributed by atoms with E-state index < -0.39 is 0 Å². The van der Waals surface area contributed by atoms with E-state index in [-0.39, 0.29) is 12.7 Å². The molecule has 0 aliphatic heterocycles. The van der Waals surface area contributed by atoms with Gasteiger partial charge >= 0.3 is 0 Å². The molecule has 31 heavy (non-hydrogen) atoms. The highest BCUT2D eigenvalue weighted by Gasteiger charge is 2.12. The lowest BCUT2D eigenvalue weighted by Gasteiger charge is -2.18. The summed E-state index contributed by atoms with van der Waals surface area (Å²) in [6, 6.07) is 8.02. The first-order chi connectivity index (χ1) is 14.9. The van der Waals surface area contributed by atoms with Crippen LogP contribution < -0.4 is 4.74 Å². The quantitative estimate of drug-likeness (QED) is 0.355. The number of thiazole rings is 1. The zero-order chi connectivity index (χ0) is 22.6. The van der Waals surface area contributed by atoms with Gasteiger partial charge in [-0.15, -0.1) is 11.3 Å². The summed E-state index contributed by atoms with van der Waals surface area (Å²) in [5, 5.41) is 12.4. The Balaban J connectivity index is 2.03. The predicted octanol–water partition coefficient (Wildman–Crippen LogP) is 6.58. The molecule has 2 aromatic rings. The summed E-state index contributed by atoms with van der Waals surface area (Å²) in [5.41, 5.74) is 4.68. The maximum atomic E-state index is 9.19. The largest absolute Gasteiger partial charge is 0.497 e. The maximum Gasteiger partial charge on any atom is 0.118 e. The highest BCUT2D eigenvalue weighted by atomic mass is 32.1. The smallest absolute Gasteiger partial charge is 0.118 e. The molecule has 0 fully saturated rings. The zero-order valence-electron chi connectivity index (χ0n) is 19.6. The van der Waals surface area contributed by atoms with Crippen molar-refractivity contribution in [1.29, 1.82) is 0 Å². The lowest BCUT2D eigenvalue weighted by Crippen LogP contribution is -2.14. The molecule has 5 heteroatoms. The molecule has 0 saturated carbocycles.